The first-order chi connectivity index (χ1) is 9.06. The highest BCUT2D eigenvalue weighted by atomic mass is 35.5. The molecular formula is C12H11ClFN3O2. The summed E-state index contributed by atoms with van der Waals surface area (Å²) in [5, 5.41) is 8.77. The van der Waals surface area contributed by atoms with Crippen molar-refractivity contribution < 1.29 is 13.7 Å². The lowest BCUT2D eigenvalue weighted by molar-refractivity contribution is -0.114. The van der Waals surface area contributed by atoms with Gasteiger partial charge in [-0.1, -0.05) is 22.8 Å². The molecule has 0 radical (unpaired) electrons. The Morgan fingerprint density at radius 2 is 2.32 bits per heavy atom. The first-order valence-corrected chi connectivity index (χ1v) is 5.85. The number of carbonyl (C=O) groups excluding carboxylic acids is 1. The maximum atomic E-state index is 13.5. The van der Waals surface area contributed by atoms with E-state index in [1.807, 2.05) is 0 Å². The van der Waals surface area contributed by atoms with Crippen LogP contribution < -0.4 is 10.6 Å². The summed E-state index contributed by atoms with van der Waals surface area (Å²) in [6, 6.07) is 6.10. The molecule has 2 aromatic rings. The van der Waals surface area contributed by atoms with Crippen LogP contribution in [0.5, 0.6) is 0 Å². The Morgan fingerprint density at radius 3 is 3.00 bits per heavy atom. The van der Waals surface area contributed by atoms with Crippen molar-refractivity contribution in [3.05, 3.63) is 40.9 Å². The summed E-state index contributed by atoms with van der Waals surface area (Å²) in [5.74, 6) is -0.0538. The van der Waals surface area contributed by atoms with E-state index in [-0.39, 0.29) is 23.2 Å². The van der Waals surface area contributed by atoms with E-state index in [2.05, 4.69) is 15.8 Å². The van der Waals surface area contributed by atoms with Crippen LogP contribution in [0.25, 0.3) is 0 Å². The molecule has 0 unspecified atom stereocenters. The van der Waals surface area contributed by atoms with Gasteiger partial charge in [-0.3, -0.25) is 4.79 Å². The van der Waals surface area contributed by atoms with Gasteiger partial charge >= 0.3 is 0 Å². The average Bonchev–Trinajstić information content (AvgIpc) is 2.76. The molecule has 7 heteroatoms. The third-order valence-corrected chi connectivity index (χ3v) is 2.58. The van der Waals surface area contributed by atoms with Crippen LogP contribution in [-0.4, -0.2) is 17.6 Å². The summed E-state index contributed by atoms with van der Waals surface area (Å²) in [4.78, 5) is 11.6. The normalized spacial score (nSPS) is 10.3. The number of rotatable bonds is 4. The first-order valence-electron chi connectivity index (χ1n) is 5.47. The number of anilines is 2. The zero-order valence-electron chi connectivity index (χ0n) is 10.0. The van der Waals surface area contributed by atoms with Crippen molar-refractivity contribution in [3.63, 3.8) is 0 Å². The van der Waals surface area contributed by atoms with E-state index in [4.69, 9.17) is 16.1 Å². The molecule has 0 fully saturated rings. The van der Waals surface area contributed by atoms with E-state index in [0.29, 0.717) is 11.6 Å². The van der Waals surface area contributed by atoms with Crippen molar-refractivity contribution in [2.24, 2.45) is 0 Å². The van der Waals surface area contributed by atoms with E-state index in [1.54, 1.807) is 19.1 Å². The van der Waals surface area contributed by atoms with Gasteiger partial charge in [-0.05, 0) is 19.1 Å². The Kier molecular flexibility index (Phi) is 4.01. The van der Waals surface area contributed by atoms with Crippen LogP contribution >= 0.6 is 11.6 Å². The zero-order valence-corrected chi connectivity index (χ0v) is 10.8. The molecule has 1 aromatic heterocycles. The standard InChI is InChI=1S/C12H11ClFN3O2/c1-7-5-10(17-19-7)16-11(18)6-15-9-4-2-3-8(13)12(9)14/h2-5,15H,6H2,1H3,(H,16,17,18). The molecule has 19 heavy (non-hydrogen) atoms. The third-order valence-electron chi connectivity index (χ3n) is 2.29. The third kappa shape index (κ3) is 3.45. The molecule has 0 aliphatic rings. The van der Waals surface area contributed by atoms with Gasteiger partial charge in [-0.25, -0.2) is 4.39 Å². The lowest BCUT2D eigenvalue weighted by Gasteiger charge is -2.07. The lowest BCUT2D eigenvalue weighted by atomic mass is 10.3. The molecule has 0 spiro atoms. The number of benzene rings is 1. The van der Waals surface area contributed by atoms with E-state index in [9.17, 15) is 9.18 Å². The van der Waals surface area contributed by atoms with Crippen LogP contribution in [-0.2, 0) is 4.79 Å². The predicted molar refractivity (Wildman–Crippen MR) is 69.8 cm³/mol. The van der Waals surface area contributed by atoms with Crippen LogP contribution in [0.4, 0.5) is 15.9 Å². The molecule has 0 saturated heterocycles. The Balaban J connectivity index is 1.91. The number of hydrogen-bond acceptors (Lipinski definition) is 4. The van der Waals surface area contributed by atoms with Gasteiger partial charge in [0.2, 0.25) is 5.91 Å². The highest BCUT2D eigenvalue weighted by molar-refractivity contribution is 6.31. The molecular weight excluding hydrogens is 273 g/mol. The highest BCUT2D eigenvalue weighted by Crippen LogP contribution is 2.21. The minimum Gasteiger partial charge on any atom is -0.374 e. The second-order valence-corrected chi connectivity index (χ2v) is 4.23. The number of hydrogen-bond donors (Lipinski definition) is 2. The Bertz CT molecular complexity index is 600. The van der Waals surface area contributed by atoms with Crippen molar-refractivity contribution >= 4 is 29.0 Å². The molecule has 0 aliphatic heterocycles. The molecule has 0 atom stereocenters. The number of aromatic nitrogens is 1. The van der Waals surface area contributed by atoms with Gasteiger partial charge in [-0.15, -0.1) is 0 Å². The van der Waals surface area contributed by atoms with Gasteiger partial charge in [-0.2, -0.15) is 0 Å². The van der Waals surface area contributed by atoms with Crippen molar-refractivity contribution in [2.75, 3.05) is 17.2 Å². The SMILES string of the molecule is Cc1cc(NC(=O)CNc2cccc(Cl)c2F)no1. The van der Waals surface area contributed by atoms with Gasteiger partial charge in [0.15, 0.2) is 11.6 Å². The molecule has 2 N–H and O–H groups in total. The molecule has 1 aromatic carbocycles. The van der Waals surface area contributed by atoms with Crippen LogP contribution in [0.1, 0.15) is 5.76 Å². The van der Waals surface area contributed by atoms with E-state index < -0.39 is 5.82 Å². The fraction of sp³-hybridized carbons (Fsp3) is 0.167. The van der Waals surface area contributed by atoms with Crippen LogP contribution in [0.15, 0.2) is 28.8 Å². The second-order valence-electron chi connectivity index (χ2n) is 3.83. The summed E-state index contributed by atoms with van der Waals surface area (Å²) >= 11 is 5.62. The Hall–Kier alpha value is -2.08. The van der Waals surface area contributed by atoms with Crippen molar-refractivity contribution in [1.82, 2.24) is 5.16 Å². The molecule has 0 bridgehead atoms. The predicted octanol–water partition coefficient (Wildman–Crippen LogP) is 2.83. The number of halogens is 2. The minimum atomic E-state index is -0.589. The fourth-order valence-electron chi connectivity index (χ4n) is 1.43. The van der Waals surface area contributed by atoms with Crippen LogP contribution in [0, 0.1) is 12.7 Å². The molecule has 0 saturated carbocycles. The molecule has 5 nitrogen and oxygen atoms in total. The largest absolute Gasteiger partial charge is 0.374 e. The zero-order chi connectivity index (χ0) is 13.8. The smallest absolute Gasteiger partial charge is 0.244 e. The van der Waals surface area contributed by atoms with Crippen LogP contribution in [0.3, 0.4) is 0 Å². The van der Waals surface area contributed by atoms with Gasteiger partial charge in [0.25, 0.3) is 0 Å². The van der Waals surface area contributed by atoms with Crippen molar-refractivity contribution in [2.45, 2.75) is 6.92 Å². The first kappa shape index (κ1) is 13.4. The topological polar surface area (TPSA) is 67.2 Å². The van der Waals surface area contributed by atoms with Gasteiger partial charge < -0.3 is 15.2 Å². The summed E-state index contributed by atoms with van der Waals surface area (Å²) in [7, 11) is 0. The Morgan fingerprint density at radius 1 is 1.53 bits per heavy atom. The molecule has 100 valence electrons. The number of aryl methyl sites for hydroxylation is 1. The quantitative estimate of drug-likeness (QED) is 0.905. The minimum absolute atomic E-state index is 0.00228. The lowest BCUT2D eigenvalue weighted by Crippen LogP contribution is -2.22. The number of nitrogens with one attached hydrogen (secondary N) is 2. The van der Waals surface area contributed by atoms with E-state index in [1.165, 1.54) is 12.1 Å². The Labute approximate surface area is 113 Å². The molecule has 0 aliphatic carbocycles. The van der Waals surface area contributed by atoms with Crippen molar-refractivity contribution in [3.8, 4) is 0 Å². The summed E-state index contributed by atoms with van der Waals surface area (Å²) in [6.45, 7) is 1.60. The average molecular weight is 284 g/mol. The van der Waals surface area contributed by atoms with E-state index >= 15 is 0 Å². The second kappa shape index (κ2) is 5.71. The molecule has 2 rings (SSSR count). The maximum Gasteiger partial charge on any atom is 0.244 e. The summed E-state index contributed by atoms with van der Waals surface area (Å²) < 4.78 is 18.3. The number of carbonyl (C=O) groups is 1. The summed E-state index contributed by atoms with van der Waals surface area (Å²) in [5.41, 5.74) is 0.166. The van der Waals surface area contributed by atoms with Crippen molar-refractivity contribution in [1.29, 1.82) is 0 Å². The van der Waals surface area contributed by atoms with Gasteiger partial charge in [0.1, 0.15) is 5.76 Å². The highest BCUT2D eigenvalue weighted by Gasteiger charge is 2.09. The maximum absolute atomic E-state index is 13.5. The fourth-order valence-corrected chi connectivity index (χ4v) is 1.60. The number of nitrogens with zero attached hydrogens (tertiary/aromatic N) is 1. The molecule has 1 heterocycles. The van der Waals surface area contributed by atoms with E-state index in [0.717, 1.165) is 0 Å². The monoisotopic (exact) mass is 283 g/mol. The molecule has 1 amide bonds. The van der Waals surface area contributed by atoms with Gasteiger partial charge in [0.05, 0.1) is 17.3 Å². The van der Waals surface area contributed by atoms with Crippen LogP contribution in [0.2, 0.25) is 5.02 Å². The van der Waals surface area contributed by atoms with Gasteiger partial charge in [0, 0.05) is 6.07 Å². The number of amides is 1. The summed E-state index contributed by atoms with van der Waals surface area (Å²) in [6.07, 6.45) is 0.